The molecule has 0 saturated carbocycles. The summed E-state index contributed by atoms with van der Waals surface area (Å²) in [5, 5.41) is 7.00. The van der Waals surface area contributed by atoms with Gasteiger partial charge in [-0.05, 0) is 63.2 Å². The zero-order valence-corrected chi connectivity index (χ0v) is 10.3. The highest BCUT2D eigenvalue weighted by Crippen LogP contribution is 2.36. The van der Waals surface area contributed by atoms with Gasteiger partial charge in [-0.2, -0.15) is 0 Å². The molecular weight excluding hydrogens is 198 g/mol. The molecule has 0 aromatic carbocycles. The van der Waals surface area contributed by atoms with Gasteiger partial charge in [-0.1, -0.05) is 0 Å². The molecule has 3 aliphatic heterocycles. The maximum Gasteiger partial charge on any atom is 0.00512 e. The SMILES string of the molecule is C1CC(CN2CCC3(CCNC3)C2)CCN1. The first-order chi connectivity index (χ1) is 7.86. The van der Waals surface area contributed by atoms with Gasteiger partial charge in [0.1, 0.15) is 0 Å². The number of hydrogen-bond donors (Lipinski definition) is 2. The van der Waals surface area contributed by atoms with Crippen molar-refractivity contribution in [1.82, 2.24) is 15.5 Å². The Bertz CT molecular complexity index is 229. The van der Waals surface area contributed by atoms with Crippen LogP contribution in [-0.4, -0.2) is 50.7 Å². The molecule has 92 valence electrons. The van der Waals surface area contributed by atoms with E-state index in [2.05, 4.69) is 15.5 Å². The van der Waals surface area contributed by atoms with E-state index in [0.29, 0.717) is 5.41 Å². The van der Waals surface area contributed by atoms with Crippen LogP contribution >= 0.6 is 0 Å². The summed E-state index contributed by atoms with van der Waals surface area (Å²) in [6, 6.07) is 0. The van der Waals surface area contributed by atoms with Crippen LogP contribution in [-0.2, 0) is 0 Å². The lowest BCUT2D eigenvalue weighted by Gasteiger charge is -2.28. The van der Waals surface area contributed by atoms with Crippen LogP contribution in [0.4, 0.5) is 0 Å². The Morgan fingerprint density at radius 1 is 1.06 bits per heavy atom. The van der Waals surface area contributed by atoms with Crippen LogP contribution in [0, 0.1) is 11.3 Å². The molecule has 0 radical (unpaired) electrons. The summed E-state index contributed by atoms with van der Waals surface area (Å²) in [6.07, 6.45) is 5.63. The van der Waals surface area contributed by atoms with Crippen LogP contribution < -0.4 is 10.6 Å². The molecule has 16 heavy (non-hydrogen) atoms. The number of piperidine rings is 1. The zero-order chi connectivity index (χ0) is 10.8. The average Bonchev–Trinajstić information content (AvgIpc) is 2.92. The summed E-state index contributed by atoms with van der Waals surface area (Å²) in [5.41, 5.74) is 0.660. The number of nitrogens with zero attached hydrogens (tertiary/aromatic N) is 1. The van der Waals surface area contributed by atoms with Crippen molar-refractivity contribution >= 4 is 0 Å². The molecule has 3 saturated heterocycles. The Balaban J connectivity index is 1.49. The van der Waals surface area contributed by atoms with E-state index >= 15 is 0 Å². The predicted molar refractivity (Wildman–Crippen MR) is 66.6 cm³/mol. The Morgan fingerprint density at radius 2 is 1.94 bits per heavy atom. The van der Waals surface area contributed by atoms with Crippen LogP contribution in [0.2, 0.25) is 0 Å². The van der Waals surface area contributed by atoms with Crippen LogP contribution in [0.5, 0.6) is 0 Å². The monoisotopic (exact) mass is 223 g/mol. The van der Waals surface area contributed by atoms with Gasteiger partial charge in [0.05, 0.1) is 0 Å². The number of rotatable bonds is 2. The molecule has 0 aromatic heterocycles. The summed E-state index contributed by atoms with van der Waals surface area (Å²) < 4.78 is 0. The molecule has 3 rings (SSSR count). The third kappa shape index (κ3) is 2.27. The fourth-order valence-electron chi connectivity index (χ4n) is 3.76. The number of likely N-dealkylation sites (tertiary alicyclic amines) is 1. The molecule has 3 heterocycles. The van der Waals surface area contributed by atoms with Crippen LogP contribution in [0.25, 0.3) is 0 Å². The van der Waals surface area contributed by atoms with Crippen molar-refractivity contribution < 1.29 is 0 Å². The summed E-state index contributed by atoms with van der Waals surface area (Å²) in [7, 11) is 0. The summed E-state index contributed by atoms with van der Waals surface area (Å²) in [5.74, 6) is 0.964. The van der Waals surface area contributed by atoms with Crippen LogP contribution in [0.3, 0.4) is 0 Å². The topological polar surface area (TPSA) is 27.3 Å². The fourth-order valence-corrected chi connectivity index (χ4v) is 3.76. The Labute approximate surface area is 99.0 Å². The van der Waals surface area contributed by atoms with Gasteiger partial charge in [0, 0.05) is 19.6 Å². The highest BCUT2D eigenvalue weighted by molar-refractivity contribution is 4.96. The molecule has 0 bridgehead atoms. The van der Waals surface area contributed by atoms with Gasteiger partial charge in [-0.15, -0.1) is 0 Å². The van der Waals surface area contributed by atoms with Gasteiger partial charge in [0.25, 0.3) is 0 Å². The summed E-state index contributed by atoms with van der Waals surface area (Å²) in [4.78, 5) is 2.74. The van der Waals surface area contributed by atoms with Gasteiger partial charge in [-0.3, -0.25) is 0 Å². The normalized spacial score (nSPS) is 37.5. The molecule has 1 unspecified atom stereocenters. The molecule has 3 heteroatoms. The first-order valence-corrected chi connectivity index (χ1v) is 7.00. The number of nitrogens with one attached hydrogen (secondary N) is 2. The van der Waals surface area contributed by atoms with Gasteiger partial charge >= 0.3 is 0 Å². The van der Waals surface area contributed by atoms with E-state index in [-0.39, 0.29) is 0 Å². The van der Waals surface area contributed by atoms with E-state index in [1.165, 1.54) is 71.5 Å². The van der Waals surface area contributed by atoms with Gasteiger partial charge in [-0.25, -0.2) is 0 Å². The van der Waals surface area contributed by atoms with E-state index in [9.17, 15) is 0 Å². The molecule has 0 aromatic rings. The third-order valence-electron chi connectivity index (χ3n) is 4.82. The van der Waals surface area contributed by atoms with E-state index in [0.717, 1.165) is 5.92 Å². The second-order valence-corrected chi connectivity index (χ2v) is 6.11. The van der Waals surface area contributed by atoms with Crippen molar-refractivity contribution in [3.05, 3.63) is 0 Å². The first kappa shape index (κ1) is 11.0. The molecule has 3 nitrogen and oxygen atoms in total. The van der Waals surface area contributed by atoms with Crippen molar-refractivity contribution in [2.45, 2.75) is 25.7 Å². The van der Waals surface area contributed by atoms with Crippen molar-refractivity contribution in [3.8, 4) is 0 Å². The lowest BCUT2D eigenvalue weighted by Crippen LogP contribution is -2.36. The molecule has 0 amide bonds. The van der Waals surface area contributed by atoms with E-state index in [4.69, 9.17) is 0 Å². The van der Waals surface area contributed by atoms with Crippen molar-refractivity contribution in [1.29, 1.82) is 0 Å². The minimum Gasteiger partial charge on any atom is -0.317 e. The van der Waals surface area contributed by atoms with Crippen LogP contribution in [0.15, 0.2) is 0 Å². The molecule has 1 spiro atoms. The predicted octanol–water partition coefficient (Wildman–Crippen LogP) is 0.671. The van der Waals surface area contributed by atoms with Gasteiger partial charge < -0.3 is 15.5 Å². The molecule has 2 N–H and O–H groups in total. The van der Waals surface area contributed by atoms with E-state index in [1.54, 1.807) is 0 Å². The van der Waals surface area contributed by atoms with E-state index in [1.807, 2.05) is 0 Å². The number of hydrogen-bond acceptors (Lipinski definition) is 3. The second-order valence-electron chi connectivity index (χ2n) is 6.11. The largest absolute Gasteiger partial charge is 0.317 e. The first-order valence-electron chi connectivity index (χ1n) is 7.00. The van der Waals surface area contributed by atoms with Crippen molar-refractivity contribution in [2.75, 3.05) is 45.8 Å². The third-order valence-corrected chi connectivity index (χ3v) is 4.82. The Kier molecular flexibility index (Phi) is 3.18. The Morgan fingerprint density at radius 3 is 2.69 bits per heavy atom. The molecule has 0 aliphatic carbocycles. The second kappa shape index (κ2) is 4.63. The summed E-state index contributed by atoms with van der Waals surface area (Å²) >= 11 is 0. The quantitative estimate of drug-likeness (QED) is 0.720. The fraction of sp³-hybridized carbons (Fsp3) is 1.00. The highest BCUT2D eigenvalue weighted by atomic mass is 15.2. The lowest BCUT2D eigenvalue weighted by molar-refractivity contribution is 0.216. The standard InChI is InChI=1S/C13H25N3/c1-5-14-6-2-12(1)9-16-8-4-13(11-16)3-7-15-10-13/h12,14-15H,1-11H2. The lowest BCUT2D eigenvalue weighted by atomic mass is 9.86. The average molecular weight is 223 g/mol. The minimum absolute atomic E-state index is 0.660. The molecule has 3 aliphatic rings. The van der Waals surface area contributed by atoms with E-state index < -0.39 is 0 Å². The molecule has 3 fully saturated rings. The van der Waals surface area contributed by atoms with Gasteiger partial charge in [0.2, 0.25) is 0 Å². The highest BCUT2D eigenvalue weighted by Gasteiger charge is 2.40. The maximum atomic E-state index is 3.54. The van der Waals surface area contributed by atoms with Gasteiger partial charge in [0.15, 0.2) is 0 Å². The molecule has 1 atom stereocenters. The zero-order valence-electron chi connectivity index (χ0n) is 10.3. The van der Waals surface area contributed by atoms with Crippen molar-refractivity contribution in [3.63, 3.8) is 0 Å². The maximum absolute atomic E-state index is 3.54. The summed E-state index contributed by atoms with van der Waals surface area (Å²) in [6.45, 7) is 9.09. The molecular formula is C13H25N3. The Hall–Kier alpha value is -0.120. The minimum atomic E-state index is 0.660. The van der Waals surface area contributed by atoms with Crippen LogP contribution in [0.1, 0.15) is 25.7 Å². The smallest absolute Gasteiger partial charge is 0.00512 e. The van der Waals surface area contributed by atoms with Crippen molar-refractivity contribution in [2.24, 2.45) is 11.3 Å².